The second-order valence-electron chi connectivity index (χ2n) is 3.95. The van der Waals surface area contributed by atoms with Crippen LogP contribution in [0.4, 0.5) is 0 Å². The molecule has 0 spiro atoms. The Morgan fingerprint density at radius 2 is 2.06 bits per heavy atom. The van der Waals surface area contributed by atoms with Crippen LogP contribution >= 0.6 is 0 Å². The highest BCUT2D eigenvalue weighted by Gasteiger charge is 2.16. The molecule has 6 nitrogen and oxygen atoms in total. The third-order valence-electron chi connectivity index (χ3n) is 2.61. The van der Waals surface area contributed by atoms with Crippen LogP contribution in [0.3, 0.4) is 0 Å². The van der Waals surface area contributed by atoms with Gasteiger partial charge in [0.15, 0.2) is 6.10 Å². The first-order chi connectivity index (χ1) is 8.11. The first-order valence-electron chi connectivity index (χ1n) is 5.81. The van der Waals surface area contributed by atoms with Gasteiger partial charge in [-0.3, -0.25) is 4.79 Å². The molecular formula is C11H19NO5. The van der Waals surface area contributed by atoms with E-state index in [-0.39, 0.29) is 5.91 Å². The van der Waals surface area contributed by atoms with Crippen molar-refractivity contribution in [3.05, 3.63) is 0 Å². The number of nitrogens with zero attached hydrogens (tertiary/aromatic N) is 1. The predicted molar refractivity (Wildman–Crippen MR) is 59.7 cm³/mol. The number of aliphatic carboxylic acids is 1. The molecule has 1 aliphatic rings. The summed E-state index contributed by atoms with van der Waals surface area (Å²) < 4.78 is 10.2. The number of rotatable bonds is 6. The Hall–Kier alpha value is -1.14. The summed E-state index contributed by atoms with van der Waals surface area (Å²) in [5.41, 5.74) is 0. The van der Waals surface area contributed by atoms with Crippen molar-refractivity contribution in [1.82, 2.24) is 4.90 Å². The fraction of sp³-hybridized carbons (Fsp3) is 0.818. The summed E-state index contributed by atoms with van der Waals surface area (Å²) in [5.74, 6) is -0.899. The Morgan fingerprint density at radius 1 is 1.41 bits per heavy atom. The molecule has 1 heterocycles. The zero-order valence-electron chi connectivity index (χ0n) is 10.1. The highest BCUT2D eigenvalue weighted by molar-refractivity contribution is 5.76. The van der Waals surface area contributed by atoms with Crippen molar-refractivity contribution >= 4 is 11.9 Å². The van der Waals surface area contributed by atoms with Gasteiger partial charge in [0.05, 0.1) is 13.2 Å². The summed E-state index contributed by atoms with van der Waals surface area (Å²) in [4.78, 5) is 23.9. The zero-order chi connectivity index (χ0) is 12.7. The monoisotopic (exact) mass is 245 g/mol. The fourth-order valence-electron chi connectivity index (χ4n) is 1.53. The zero-order valence-corrected chi connectivity index (χ0v) is 10.1. The van der Waals surface area contributed by atoms with Crippen molar-refractivity contribution in [2.24, 2.45) is 0 Å². The Kier molecular flexibility index (Phi) is 5.93. The minimum atomic E-state index is -0.982. The number of carbonyl (C=O) groups excluding carboxylic acids is 1. The lowest BCUT2D eigenvalue weighted by atomic mass is 10.2. The van der Waals surface area contributed by atoms with Gasteiger partial charge in [0.2, 0.25) is 5.91 Å². The minimum absolute atomic E-state index is 0.0832. The summed E-state index contributed by atoms with van der Waals surface area (Å²) in [6.07, 6.45) is 0.133. The lowest BCUT2D eigenvalue weighted by molar-refractivity contribution is -0.149. The van der Waals surface area contributed by atoms with Crippen LogP contribution in [0.15, 0.2) is 0 Å². The van der Waals surface area contributed by atoms with Crippen LogP contribution in [-0.2, 0) is 19.1 Å². The highest BCUT2D eigenvalue weighted by atomic mass is 16.5. The number of amides is 1. The van der Waals surface area contributed by atoms with E-state index >= 15 is 0 Å². The summed E-state index contributed by atoms with van der Waals surface area (Å²) in [5, 5.41) is 8.58. The van der Waals surface area contributed by atoms with E-state index in [0.717, 1.165) is 0 Å². The number of hydrogen-bond acceptors (Lipinski definition) is 4. The Morgan fingerprint density at radius 3 is 2.65 bits per heavy atom. The minimum Gasteiger partial charge on any atom is -0.479 e. The van der Waals surface area contributed by atoms with E-state index in [0.29, 0.717) is 45.8 Å². The van der Waals surface area contributed by atoms with Crippen molar-refractivity contribution in [1.29, 1.82) is 0 Å². The second kappa shape index (κ2) is 7.24. The molecule has 6 heteroatoms. The lowest BCUT2D eigenvalue weighted by Gasteiger charge is -2.26. The molecule has 0 aromatic carbocycles. The van der Waals surface area contributed by atoms with E-state index < -0.39 is 12.1 Å². The molecule has 1 aliphatic heterocycles. The van der Waals surface area contributed by atoms with Crippen molar-refractivity contribution in [3.63, 3.8) is 0 Å². The van der Waals surface area contributed by atoms with Crippen LogP contribution in [0.2, 0.25) is 0 Å². The molecule has 1 fully saturated rings. The summed E-state index contributed by atoms with van der Waals surface area (Å²) in [7, 11) is 0. The van der Waals surface area contributed by atoms with Gasteiger partial charge in [-0.2, -0.15) is 0 Å². The predicted octanol–water partition coefficient (Wildman–Crippen LogP) is 0.115. The van der Waals surface area contributed by atoms with Gasteiger partial charge < -0.3 is 19.5 Å². The van der Waals surface area contributed by atoms with Gasteiger partial charge in [-0.25, -0.2) is 4.79 Å². The van der Waals surface area contributed by atoms with Gasteiger partial charge >= 0.3 is 5.97 Å². The molecule has 1 N–H and O–H groups in total. The van der Waals surface area contributed by atoms with Crippen LogP contribution in [0.25, 0.3) is 0 Å². The molecular weight excluding hydrogens is 226 g/mol. The van der Waals surface area contributed by atoms with Crippen molar-refractivity contribution in [3.8, 4) is 0 Å². The SMILES string of the molecule is C[C@H](OCCCC(=O)N1CCOCC1)C(=O)O. The quantitative estimate of drug-likeness (QED) is 0.672. The van der Waals surface area contributed by atoms with Crippen molar-refractivity contribution in [2.75, 3.05) is 32.9 Å². The van der Waals surface area contributed by atoms with E-state index in [4.69, 9.17) is 14.6 Å². The number of carbonyl (C=O) groups is 2. The first-order valence-corrected chi connectivity index (χ1v) is 5.81. The van der Waals surface area contributed by atoms with Crippen LogP contribution in [0, 0.1) is 0 Å². The Labute approximate surface area is 100 Å². The highest BCUT2D eigenvalue weighted by Crippen LogP contribution is 2.03. The molecule has 0 aromatic heterocycles. The Bertz CT molecular complexity index is 263. The third kappa shape index (κ3) is 5.14. The van der Waals surface area contributed by atoms with Crippen molar-refractivity contribution in [2.45, 2.75) is 25.9 Å². The molecule has 0 saturated carbocycles. The fourth-order valence-corrected chi connectivity index (χ4v) is 1.53. The molecule has 1 rings (SSSR count). The maximum Gasteiger partial charge on any atom is 0.332 e. The van der Waals surface area contributed by atoms with E-state index in [1.54, 1.807) is 4.90 Å². The van der Waals surface area contributed by atoms with E-state index in [1.807, 2.05) is 0 Å². The molecule has 1 saturated heterocycles. The normalized spacial score (nSPS) is 17.8. The lowest BCUT2D eigenvalue weighted by Crippen LogP contribution is -2.40. The summed E-state index contributed by atoms with van der Waals surface area (Å²) >= 11 is 0. The average Bonchev–Trinajstić information content (AvgIpc) is 2.35. The average molecular weight is 245 g/mol. The van der Waals surface area contributed by atoms with Gasteiger partial charge in [-0.05, 0) is 13.3 Å². The van der Waals surface area contributed by atoms with Gasteiger partial charge in [0.25, 0.3) is 0 Å². The van der Waals surface area contributed by atoms with Crippen LogP contribution in [0.5, 0.6) is 0 Å². The number of carboxylic acid groups (broad SMARTS) is 1. The molecule has 17 heavy (non-hydrogen) atoms. The summed E-state index contributed by atoms with van der Waals surface area (Å²) in [6, 6.07) is 0. The largest absolute Gasteiger partial charge is 0.479 e. The van der Waals surface area contributed by atoms with E-state index in [2.05, 4.69) is 0 Å². The maximum atomic E-state index is 11.7. The van der Waals surface area contributed by atoms with E-state index in [9.17, 15) is 9.59 Å². The molecule has 0 bridgehead atoms. The second-order valence-corrected chi connectivity index (χ2v) is 3.95. The molecule has 1 atom stereocenters. The Balaban J connectivity index is 2.09. The standard InChI is InChI=1S/C11H19NO5/c1-9(11(14)15)17-6-2-3-10(13)12-4-7-16-8-5-12/h9H,2-8H2,1H3,(H,14,15)/t9-/m0/s1. The summed E-state index contributed by atoms with van der Waals surface area (Å²) in [6.45, 7) is 4.25. The van der Waals surface area contributed by atoms with Crippen LogP contribution in [-0.4, -0.2) is 60.9 Å². The van der Waals surface area contributed by atoms with Gasteiger partial charge in [0, 0.05) is 26.1 Å². The molecule has 0 aliphatic carbocycles. The van der Waals surface area contributed by atoms with Gasteiger partial charge in [0.1, 0.15) is 0 Å². The molecule has 98 valence electrons. The van der Waals surface area contributed by atoms with Crippen molar-refractivity contribution < 1.29 is 24.2 Å². The van der Waals surface area contributed by atoms with Crippen LogP contribution < -0.4 is 0 Å². The molecule has 1 amide bonds. The van der Waals surface area contributed by atoms with E-state index in [1.165, 1.54) is 6.92 Å². The van der Waals surface area contributed by atoms with Gasteiger partial charge in [-0.1, -0.05) is 0 Å². The van der Waals surface area contributed by atoms with Crippen LogP contribution in [0.1, 0.15) is 19.8 Å². The number of hydrogen-bond donors (Lipinski definition) is 1. The third-order valence-corrected chi connectivity index (χ3v) is 2.61. The first kappa shape index (κ1) is 13.9. The topological polar surface area (TPSA) is 76.1 Å². The molecule has 0 aromatic rings. The number of carboxylic acids is 1. The maximum absolute atomic E-state index is 11.7. The number of morpholine rings is 1. The van der Waals surface area contributed by atoms with Gasteiger partial charge in [-0.15, -0.1) is 0 Å². The molecule has 0 radical (unpaired) electrons. The molecule has 0 unspecified atom stereocenters. The number of ether oxygens (including phenoxy) is 2. The smallest absolute Gasteiger partial charge is 0.332 e.